The number of nitrogens with zero attached hydrogens (tertiary/aromatic N) is 1. The van der Waals surface area contributed by atoms with Crippen LogP contribution in [0.3, 0.4) is 0 Å². The topological polar surface area (TPSA) is 89.7 Å². The molecule has 0 saturated heterocycles. The second kappa shape index (κ2) is 8.68. The van der Waals surface area contributed by atoms with Crippen LogP contribution in [-0.4, -0.2) is 16.1 Å². The van der Waals surface area contributed by atoms with Crippen LogP contribution in [0.1, 0.15) is 40.0 Å². The predicted molar refractivity (Wildman–Crippen MR) is 114 cm³/mol. The zero-order valence-electron chi connectivity index (χ0n) is 17.0. The molecule has 0 amide bonds. The van der Waals surface area contributed by atoms with Crippen molar-refractivity contribution in [3.63, 3.8) is 0 Å². The third-order valence-corrected chi connectivity index (χ3v) is 8.39. The van der Waals surface area contributed by atoms with Crippen molar-refractivity contribution in [1.29, 1.82) is 0 Å². The summed E-state index contributed by atoms with van der Waals surface area (Å²) in [5, 5.41) is 22.2. The van der Waals surface area contributed by atoms with Crippen molar-refractivity contribution in [2.75, 3.05) is 0 Å². The molecule has 1 N–H and O–H groups in total. The smallest absolute Gasteiger partial charge is 0.273 e. The lowest BCUT2D eigenvalue weighted by Crippen LogP contribution is -2.36. The van der Waals surface area contributed by atoms with Crippen LogP contribution in [0.5, 0.6) is 5.75 Å². The van der Waals surface area contributed by atoms with Gasteiger partial charge in [-0.25, -0.2) is 0 Å². The quantitative estimate of drug-likeness (QED) is 0.406. The summed E-state index contributed by atoms with van der Waals surface area (Å²) in [6.45, 7) is 6.46. The summed E-state index contributed by atoms with van der Waals surface area (Å²) in [7, 11) is -3.66. The Bertz CT molecular complexity index is 915. The summed E-state index contributed by atoms with van der Waals surface area (Å²) in [4.78, 5) is 10.5. The molecule has 4 atom stereocenters. The first-order valence-corrected chi connectivity index (χ1v) is 11.7. The molecule has 0 spiro atoms. The van der Waals surface area contributed by atoms with Crippen molar-refractivity contribution >= 4 is 23.7 Å². The van der Waals surface area contributed by atoms with Gasteiger partial charge in [0.1, 0.15) is 5.75 Å². The van der Waals surface area contributed by atoms with Gasteiger partial charge >= 0.3 is 0 Å². The molecular weight excluding hydrogens is 389 g/mol. The molecule has 2 aromatic carbocycles. The minimum absolute atomic E-state index is 0.107. The molecule has 0 aromatic heterocycles. The summed E-state index contributed by atoms with van der Waals surface area (Å²) in [5.74, 6) is 0.728. The van der Waals surface area contributed by atoms with Crippen LogP contribution in [-0.2, 0) is 9.09 Å². The summed E-state index contributed by atoms with van der Waals surface area (Å²) < 4.78 is 20.7. The highest BCUT2D eigenvalue weighted by atomic mass is 31.2. The number of non-ortho nitro benzene ring substituents is 1. The molecule has 1 aliphatic carbocycles. The van der Waals surface area contributed by atoms with E-state index in [1.165, 1.54) is 12.1 Å². The normalized spacial score (nSPS) is 24.2. The lowest BCUT2D eigenvalue weighted by atomic mass is 9.75. The average Bonchev–Trinajstić information content (AvgIpc) is 2.68. The first kappa shape index (κ1) is 21.5. The zero-order valence-corrected chi connectivity index (χ0v) is 17.9. The fourth-order valence-electron chi connectivity index (χ4n) is 4.18. The number of hydrogen-bond donors (Lipinski definition) is 1. The third kappa shape index (κ3) is 4.54. The highest BCUT2D eigenvalue weighted by molar-refractivity contribution is 7.74. The molecule has 6 nitrogen and oxygen atoms in total. The van der Waals surface area contributed by atoms with Crippen LogP contribution in [0, 0.1) is 27.9 Å². The lowest BCUT2D eigenvalue weighted by Gasteiger charge is -2.39. The minimum atomic E-state index is -3.66. The average molecular weight is 417 g/mol. The Balaban J connectivity index is 2.08. The summed E-state index contributed by atoms with van der Waals surface area (Å²) in [6.07, 6.45) is 2.71. The van der Waals surface area contributed by atoms with Crippen LogP contribution < -0.4 is 10.6 Å². The predicted octanol–water partition coefficient (Wildman–Crippen LogP) is 5.01. The van der Waals surface area contributed by atoms with Crippen molar-refractivity contribution in [3.8, 4) is 5.75 Å². The molecule has 156 valence electrons. The Kier molecular flexibility index (Phi) is 6.45. The summed E-state index contributed by atoms with van der Waals surface area (Å²) >= 11 is 0. The van der Waals surface area contributed by atoms with Gasteiger partial charge in [-0.3, -0.25) is 14.7 Å². The molecule has 1 saturated carbocycles. The maximum atomic E-state index is 14.3. The minimum Gasteiger partial charge on any atom is -0.507 e. The number of hydrogen-bond acceptors (Lipinski definition) is 5. The Morgan fingerprint density at radius 3 is 2.45 bits per heavy atom. The van der Waals surface area contributed by atoms with E-state index in [4.69, 9.17) is 4.52 Å². The number of nitro groups is 1. The fraction of sp³-hybridized carbons (Fsp3) is 0.455. The van der Waals surface area contributed by atoms with Crippen LogP contribution in [0.15, 0.2) is 48.5 Å². The van der Waals surface area contributed by atoms with Gasteiger partial charge in [-0.2, -0.15) is 0 Å². The molecule has 29 heavy (non-hydrogen) atoms. The van der Waals surface area contributed by atoms with E-state index in [1.807, 2.05) is 6.07 Å². The van der Waals surface area contributed by atoms with Crippen LogP contribution in [0.25, 0.3) is 0 Å². The number of phenols is 1. The molecule has 0 aliphatic heterocycles. The molecule has 1 fully saturated rings. The second-order valence-corrected chi connectivity index (χ2v) is 10.6. The molecule has 1 unspecified atom stereocenters. The van der Waals surface area contributed by atoms with Gasteiger partial charge in [-0.15, -0.1) is 0 Å². The van der Waals surface area contributed by atoms with Crippen LogP contribution >= 0.6 is 7.37 Å². The van der Waals surface area contributed by atoms with E-state index in [0.29, 0.717) is 17.1 Å². The Hall–Kier alpha value is -2.17. The molecular formula is C22H28NO5P. The van der Waals surface area contributed by atoms with Gasteiger partial charge in [0, 0.05) is 11.4 Å². The van der Waals surface area contributed by atoms with Crippen molar-refractivity contribution in [2.45, 2.75) is 46.1 Å². The summed E-state index contributed by atoms with van der Waals surface area (Å²) in [5.41, 5.74) is -0.253. The van der Waals surface area contributed by atoms with E-state index in [-0.39, 0.29) is 28.8 Å². The molecule has 0 bridgehead atoms. The number of phenolic OH excluding ortho intramolecular Hbond substituents is 1. The van der Waals surface area contributed by atoms with Gasteiger partial charge in [0.2, 0.25) is 0 Å². The monoisotopic (exact) mass is 417 g/mol. The molecule has 1 aliphatic rings. The fourth-order valence-corrected chi connectivity index (χ4v) is 6.52. The van der Waals surface area contributed by atoms with Gasteiger partial charge < -0.3 is 9.63 Å². The summed E-state index contributed by atoms with van der Waals surface area (Å²) in [6, 6.07) is 12.5. The van der Waals surface area contributed by atoms with Crippen LogP contribution in [0.2, 0.25) is 0 Å². The molecule has 0 radical (unpaired) electrons. The van der Waals surface area contributed by atoms with Gasteiger partial charge in [0.15, 0.2) is 0 Å². The second-order valence-electron chi connectivity index (χ2n) is 8.29. The number of aromatic hydroxyl groups is 1. The molecule has 7 heteroatoms. The third-order valence-electron chi connectivity index (χ3n) is 5.83. The van der Waals surface area contributed by atoms with E-state index in [1.54, 1.807) is 24.3 Å². The number of rotatable bonds is 6. The first-order chi connectivity index (χ1) is 13.7. The van der Waals surface area contributed by atoms with Crippen LogP contribution in [0.4, 0.5) is 5.69 Å². The maximum absolute atomic E-state index is 14.3. The lowest BCUT2D eigenvalue weighted by molar-refractivity contribution is -0.384. The van der Waals surface area contributed by atoms with Crippen molar-refractivity contribution in [2.24, 2.45) is 17.8 Å². The highest BCUT2D eigenvalue weighted by Gasteiger charge is 2.40. The van der Waals surface area contributed by atoms with E-state index in [0.717, 1.165) is 25.3 Å². The Morgan fingerprint density at radius 1 is 1.17 bits per heavy atom. The van der Waals surface area contributed by atoms with Gasteiger partial charge in [0.25, 0.3) is 13.1 Å². The van der Waals surface area contributed by atoms with E-state index in [9.17, 15) is 19.8 Å². The van der Waals surface area contributed by atoms with Crippen molar-refractivity contribution < 1.29 is 19.1 Å². The standard InChI is InChI=1S/C22H28NO5P/c1-15(2)19-11-9-16(3)13-21(19)28-29(27,18-7-5-4-6-8-18)22-12-10-17(23(25)26)14-20(22)24/h4-8,10,12,14-16,19,21,24H,9,11,13H2,1-3H3/t16-,19+,21-,29?/m1/s1. The molecule has 2 aromatic rings. The Labute approximate surface area is 171 Å². The van der Waals surface area contributed by atoms with E-state index in [2.05, 4.69) is 20.8 Å². The molecule has 3 rings (SSSR count). The first-order valence-electron chi connectivity index (χ1n) is 10.0. The zero-order chi connectivity index (χ0) is 21.2. The van der Waals surface area contributed by atoms with Gasteiger partial charge in [-0.1, -0.05) is 45.4 Å². The van der Waals surface area contributed by atoms with E-state index < -0.39 is 12.3 Å². The van der Waals surface area contributed by atoms with Gasteiger partial charge in [0.05, 0.1) is 22.4 Å². The van der Waals surface area contributed by atoms with Crippen molar-refractivity contribution in [1.82, 2.24) is 0 Å². The largest absolute Gasteiger partial charge is 0.507 e. The SMILES string of the molecule is CC(C)[C@@H]1CC[C@@H](C)C[C@H]1OP(=O)(c1ccccc1)c1ccc([N+](=O)[O-])cc1O. The highest BCUT2D eigenvalue weighted by Crippen LogP contribution is 2.52. The van der Waals surface area contributed by atoms with Crippen molar-refractivity contribution in [3.05, 3.63) is 58.6 Å². The number of nitro benzene ring substituents is 1. The van der Waals surface area contributed by atoms with E-state index >= 15 is 0 Å². The number of benzene rings is 2. The Morgan fingerprint density at radius 2 is 1.86 bits per heavy atom. The maximum Gasteiger partial charge on any atom is 0.273 e. The van der Waals surface area contributed by atoms with Gasteiger partial charge in [-0.05, 0) is 48.8 Å². The molecule has 0 heterocycles.